The number of ether oxygens (including phenoxy) is 1. The van der Waals surface area contributed by atoms with Gasteiger partial charge in [-0.05, 0) is 37.0 Å². The number of hydrogen-bond acceptors (Lipinski definition) is 4. The van der Waals surface area contributed by atoms with E-state index < -0.39 is 21.6 Å². The molecule has 2 rings (SSSR count). The molecule has 0 unspecified atom stereocenters. The number of nitrogen functional groups attached to an aromatic ring is 1. The van der Waals surface area contributed by atoms with E-state index in [1.165, 1.54) is 12.1 Å². The maximum Gasteiger partial charge on any atom is 0.202 e. The van der Waals surface area contributed by atoms with E-state index in [-0.39, 0.29) is 10.6 Å². The molecule has 0 heterocycles. The molecule has 1 saturated carbocycles. The lowest BCUT2D eigenvalue weighted by Gasteiger charge is -2.06. The Hall–Kier alpha value is -1.14. The third-order valence-corrected chi connectivity index (χ3v) is 4.07. The highest BCUT2D eigenvalue weighted by atomic mass is 32.2. The summed E-state index contributed by atoms with van der Waals surface area (Å²) >= 11 is 0. The number of rotatable bonds is 5. The average Bonchev–Trinajstić information content (AvgIpc) is 3.05. The molecule has 94 valence electrons. The molecule has 1 aliphatic rings. The second-order valence-electron chi connectivity index (χ2n) is 4.23. The Morgan fingerprint density at radius 2 is 2.12 bits per heavy atom. The van der Waals surface area contributed by atoms with E-state index in [1.807, 2.05) is 0 Å². The summed E-state index contributed by atoms with van der Waals surface area (Å²) < 4.78 is 41.8. The van der Waals surface area contributed by atoms with Gasteiger partial charge >= 0.3 is 0 Å². The third-order valence-electron chi connectivity index (χ3n) is 2.62. The van der Waals surface area contributed by atoms with Gasteiger partial charge in [0.15, 0.2) is 5.94 Å². The second kappa shape index (κ2) is 4.62. The molecule has 0 saturated heterocycles. The van der Waals surface area contributed by atoms with Crippen molar-refractivity contribution in [1.82, 2.24) is 0 Å². The van der Waals surface area contributed by atoms with Crippen LogP contribution in [0.15, 0.2) is 23.1 Å². The highest BCUT2D eigenvalue weighted by Gasteiger charge is 2.23. The van der Waals surface area contributed by atoms with Gasteiger partial charge in [0.05, 0.1) is 17.2 Å². The van der Waals surface area contributed by atoms with Gasteiger partial charge in [0.2, 0.25) is 9.84 Å². The first-order valence-electron chi connectivity index (χ1n) is 5.34. The normalized spacial score (nSPS) is 16.1. The summed E-state index contributed by atoms with van der Waals surface area (Å²) in [4.78, 5) is -0.0972. The van der Waals surface area contributed by atoms with Crippen LogP contribution < -0.4 is 5.73 Å². The zero-order chi connectivity index (χ0) is 12.5. The van der Waals surface area contributed by atoms with Crippen molar-refractivity contribution in [1.29, 1.82) is 0 Å². The first-order chi connectivity index (χ1) is 7.99. The van der Waals surface area contributed by atoms with Gasteiger partial charge < -0.3 is 10.5 Å². The van der Waals surface area contributed by atoms with Crippen molar-refractivity contribution in [2.24, 2.45) is 5.92 Å². The Kier molecular flexibility index (Phi) is 3.35. The zero-order valence-electron chi connectivity index (χ0n) is 9.23. The molecule has 0 spiro atoms. The molecule has 1 aliphatic carbocycles. The fraction of sp³-hybridized carbons (Fsp3) is 0.455. The maximum absolute atomic E-state index is 13.1. The molecule has 4 nitrogen and oxygen atoms in total. The van der Waals surface area contributed by atoms with Crippen LogP contribution in [-0.4, -0.2) is 21.0 Å². The monoisotopic (exact) mass is 259 g/mol. The first kappa shape index (κ1) is 12.3. The number of hydrogen-bond donors (Lipinski definition) is 1. The van der Waals surface area contributed by atoms with Gasteiger partial charge in [-0.2, -0.15) is 0 Å². The molecule has 17 heavy (non-hydrogen) atoms. The van der Waals surface area contributed by atoms with Crippen LogP contribution in [0.4, 0.5) is 10.1 Å². The van der Waals surface area contributed by atoms with Crippen LogP contribution in [-0.2, 0) is 14.6 Å². The summed E-state index contributed by atoms with van der Waals surface area (Å²) in [5, 5.41) is 0. The Labute approximate surface area is 99.5 Å². The number of halogens is 1. The van der Waals surface area contributed by atoms with Gasteiger partial charge in [-0.25, -0.2) is 12.8 Å². The molecule has 0 aromatic heterocycles. The fourth-order valence-corrected chi connectivity index (χ4v) is 2.39. The zero-order valence-corrected chi connectivity index (χ0v) is 10.0. The third kappa shape index (κ3) is 3.17. The van der Waals surface area contributed by atoms with Crippen molar-refractivity contribution in [3.05, 3.63) is 24.0 Å². The fourth-order valence-electron chi connectivity index (χ4n) is 1.38. The molecule has 0 aliphatic heterocycles. The van der Waals surface area contributed by atoms with E-state index in [0.717, 1.165) is 18.9 Å². The van der Waals surface area contributed by atoms with Crippen molar-refractivity contribution in [2.45, 2.75) is 17.7 Å². The smallest absolute Gasteiger partial charge is 0.202 e. The minimum atomic E-state index is -3.59. The number of anilines is 1. The SMILES string of the molecule is Nc1ccc(S(=O)(=O)COCC2CC2)cc1F. The minimum Gasteiger partial charge on any atom is -0.396 e. The number of nitrogens with two attached hydrogens (primary N) is 1. The van der Waals surface area contributed by atoms with Crippen molar-refractivity contribution in [3.63, 3.8) is 0 Å². The summed E-state index contributed by atoms with van der Waals surface area (Å²) in [5.74, 6) is -0.644. The predicted octanol–water partition coefficient (Wildman–Crippen LogP) is 1.57. The first-order valence-corrected chi connectivity index (χ1v) is 7.00. The second-order valence-corrected chi connectivity index (χ2v) is 6.17. The van der Waals surface area contributed by atoms with E-state index >= 15 is 0 Å². The highest BCUT2D eigenvalue weighted by molar-refractivity contribution is 7.91. The molecule has 0 amide bonds. The summed E-state index contributed by atoms with van der Waals surface area (Å²) in [6.45, 7) is 0.455. The summed E-state index contributed by atoms with van der Waals surface area (Å²) in [6.07, 6.45) is 2.19. The number of benzene rings is 1. The lowest BCUT2D eigenvalue weighted by atomic mass is 10.3. The van der Waals surface area contributed by atoms with E-state index in [4.69, 9.17) is 10.5 Å². The van der Waals surface area contributed by atoms with Crippen molar-refractivity contribution >= 4 is 15.5 Å². The Morgan fingerprint density at radius 1 is 1.41 bits per heavy atom. The summed E-state index contributed by atoms with van der Waals surface area (Å²) in [6, 6.07) is 3.45. The van der Waals surface area contributed by atoms with Gasteiger partial charge in [0, 0.05) is 0 Å². The van der Waals surface area contributed by atoms with Crippen LogP contribution >= 0.6 is 0 Å². The van der Waals surface area contributed by atoms with Crippen molar-refractivity contribution < 1.29 is 17.5 Å². The Morgan fingerprint density at radius 3 is 2.71 bits per heavy atom. The topological polar surface area (TPSA) is 69.4 Å². The van der Waals surface area contributed by atoms with E-state index in [0.29, 0.717) is 12.5 Å². The van der Waals surface area contributed by atoms with E-state index in [1.54, 1.807) is 0 Å². The van der Waals surface area contributed by atoms with Gasteiger partial charge in [0.25, 0.3) is 0 Å². The number of sulfone groups is 1. The average molecular weight is 259 g/mol. The quantitative estimate of drug-likeness (QED) is 0.815. The Balaban J connectivity index is 2.04. The van der Waals surface area contributed by atoms with E-state index in [9.17, 15) is 12.8 Å². The standard InChI is InChI=1S/C11H14FNO3S/c12-10-5-9(3-4-11(10)13)17(14,15)7-16-6-8-1-2-8/h3-5,8H,1-2,6-7,13H2. The van der Waals surface area contributed by atoms with Crippen LogP contribution in [0.2, 0.25) is 0 Å². The van der Waals surface area contributed by atoms with Gasteiger partial charge in [-0.3, -0.25) is 0 Å². The predicted molar refractivity (Wildman–Crippen MR) is 61.5 cm³/mol. The lowest BCUT2D eigenvalue weighted by Crippen LogP contribution is -2.12. The molecular formula is C11H14FNO3S. The van der Waals surface area contributed by atoms with Gasteiger partial charge in [0.1, 0.15) is 5.82 Å². The van der Waals surface area contributed by atoms with Crippen LogP contribution in [0, 0.1) is 11.7 Å². The van der Waals surface area contributed by atoms with Crippen LogP contribution in [0.5, 0.6) is 0 Å². The molecule has 6 heteroatoms. The molecule has 0 radical (unpaired) electrons. The molecule has 1 aromatic carbocycles. The van der Waals surface area contributed by atoms with Crippen molar-refractivity contribution in [3.8, 4) is 0 Å². The van der Waals surface area contributed by atoms with Crippen LogP contribution in [0.25, 0.3) is 0 Å². The molecule has 0 bridgehead atoms. The minimum absolute atomic E-state index is 0.0668. The maximum atomic E-state index is 13.1. The van der Waals surface area contributed by atoms with E-state index in [2.05, 4.69) is 0 Å². The van der Waals surface area contributed by atoms with Gasteiger partial charge in [-0.15, -0.1) is 0 Å². The summed E-state index contributed by atoms with van der Waals surface area (Å²) in [5.41, 5.74) is 5.21. The Bertz CT molecular complexity index is 511. The molecule has 1 aromatic rings. The largest absolute Gasteiger partial charge is 0.396 e. The van der Waals surface area contributed by atoms with Crippen LogP contribution in [0.1, 0.15) is 12.8 Å². The van der Waals surface area contributed by atoms with Crippen LogP contribution in [0.3, 0.4) is 0 Å². The molecule has 2 N–H and O–H groups in total. The highest BCUT2D eigenvalue weighted by Crippen LogP contribution is 2.29. The lowest BCUT2D eigenvalue weighted by molar-refractivity contribution is 0.165. The summed E-state index contributed by atoms with van der Waals surface area (Å²) in [7, 11) is -3.59. The van der Waals surface area contributed by atoms with Gasteiger partial charge in [-0.1, -0.05) is 0 Å². The van der Waals surface area contributed by atoms with Crippen molar-refractivity contribution in [2.75, 3.05) is 18.3 Å². The molecule has 1 fully saturated rings. The molecule has 0 atom stereocenters. The molecular weight excluding hydrogens is 245 g/mol.